The Labute approximate surface area is 153 Å². The minimum absolute atomic E-state index is 0.0908. The third kappa shape index (κ3) is 4.18. The summed E-state index contributed by atoms with van der Waals surface area (Å²) >= 11 is 0. The molecule has 0 aromatic heterocycles. The van der Waals surface area contributed by atoms with Crippen molar-refractivity contribution in [1.29, 1.82) is 0 Å². The molecule has 1 unspecified atom stereocenters. The highest BCUT2D eigenvalue weighted by molar-refractivity contribution is 7.87. The second-order valence-corrected chi connectivity index (χ2v) is 7.68. The van der Waals surface area contributed by atoms with Gasteiger partial charge in [-0.2, -0.15) is 21.6 Å². The first-order chi connectivity index (χ1) is 12.5. The van der Waals surface area contributed by atoms with E-state index in [2.05, 4.69) is 4.18 Å². The van der Waals surface area contributed by atoms with Crippen LogP contribution in [0.4, 0.5) is 13.2 Å². The van der Waals surface area contributed by atoms with Gasteiger partial charge in [0, 0.05) is 19.6 Å². The fraction of sp³-hybridized carbons (Fsp3) is 0.429. The van der Waals surface area contributed by atoms with Crippen LogP contribution in [0.2, 0.25) is 0 Å². The second-order valence-electron chi connectivity index (χ2n) is 5.28. The molecule has 2 rings (SSSR count). The SMILES string of the molecule is CCOC(CCN1C(=O)c2ccccc2C1=O)(OS(=O)(=O)C(F)(F)F)P=O. The average Bonchev–Trinajstić information content (AvgIpc) is 2.83. The van der Waals surface area contributed by atoms with E-state index in [4.69, 9.17) is 4.74 Å². The number of halogens is 3. The average molecular weight is 427 g/mol. The van der Waals surface area contributed by atoms with Crippen molar-refractivity contribution < 1.29 is 44.7 Å². The monoisotopic (exact) mass is 427 g/mol. The predicted molar refractivity (Wildman–Crippen MR) is 84.4 cm³/mol. The van der Waals surface area contributed by atoms with E-state index in [-0.39, 0.29) is 17.7 Å². The summed E-state index contributed by atoms with van der Waals surface area (Å²) in [5.41, 5.74) is -8.32. The van der Waals surface area contributed by atoms with Crippen LogP contribution in [-0.4, -0.2) is 49.3 Å². The maximum absolute atomic E-state index is 12.6. The molecular weight excluding hydrogens is 414 g/mol. The fourth-order valence-corrected chi connectivity index (χ4v) is 3.72. The van der Waals surface area contributed by atoms with Gasteiger partial charge in [-0.05, 0) is 19.1 Å². The maximum Gasteiger partial charge on any atom is 0.523 e. The predicted octanol–water partition coefficient (Wildman–Crippen LogP) is 2.52. The summed E-state index contributed by atoms with van der Waals surface area (Å²) in [6.45, 7) is 0.394. The maximum atomic E-state index is 12.6. The van der Waals surface area contributed by atoms with Crippen LogP contribution < -0.4 is 0 Å². The van der Waals surface area contributed by atoms with E-state index in [0.29, 0.717) is 4.90 Å². The van der Waals surface area contributed by atoms with Gasteiger partial charge in [0.1, 0.15) is 0 Å². The third-order valence-corrected chi connectivity index (χ3v) is 5.46. The summed E-state index contributed by atoms with van der Waals surface area (Å²) in [6, 6.07) is 5.82. The first-order valence-electron chi connectivity index (χ1n) is 7.43. The third-order valence-electron chi connectivity index (χ3n) is 3.56. The summed E-state index contributed by atoms with van der Waals surface area (Å²) in [6.07, 6.45) is -0.771. The van der Waals surface area contributed by atoms with E-state index in [0.717, 1.165) is 0 Å². The molecule has 0 radical (unpaired) electrons. The van der Waals surface area contributed by atoms with Gasteiger partial charge < -0.3 is 4.74 Å². The molecule has 1 aromatic carbocycles. The van der Waals surface area contributed by atoms with Gasteiger partial charge in [-0.1, -0.05) is 12.1 Å². The number of carbonyl (C=O) groups is 2. The van der Waals surface area contributed by atoms with Crippen LogP contribution in [0.5, 0.6) is 0 Å². The number of amides is 2. The van der Waals surface area contributed by atoms with Gasteiger partial charge in [0.05, 0.1) is 11.1 Å². The van der Waals surface area contributed by atoms with Gasteiger partial charge in [0.25, 0.3) is 17.3 Å². The molecule has 0 bridgehead atoms. The minimum Gasteiger partial charge on any atom is -0.340 e. The molecule has 1 aliphatic heterocycles. The van der Waals surface area contributed by atoms with Crippen LogP contribution in [0.1, 0.15) is 34.1 Å². The second kappa shape index (κ2) is 7.63. The number of ether oxygens (including phenoxy) is 1. The van der Waals surface area contributed by atoms with Crippen molar-refractivity contribution in [3.8, 4) is 0 Å². The largest absolute Gasteiger partial charge is 0.523 e. The van der Waals surface area contributed by atoms with Crippen molar-refractivity contribution in [2.24, 2.45) is 0 Å². The molecule has 13 heteroatoms. The minimum atomic E-state index is -6.14. The molecule has 2 amide bonds. The number of imide groups is 1. The summed E-state index contributed by atoms with van der Waals surface area (Å²) in [7, 11) is -7.36. The molecule has 1 heterocycles. The molecule has 148 valence electrons. The summed E-state index contributed by atoms with van der Waals surface area (Å²) < 4.78 is 80.7. The van der Waals surface area contributed by atoms with E-state index < -0.39 is 54.4 Å². The molecular formula is C14H13F3NO7PS. The standard InChI is InChI=1S/C14H13F3NO7PS/c1-2-24-13(26-21,25-27(22,23)14(15,16)17)7-8-18-11(19)9-5-3-4-6-10(9)12(18)20/h3-6H,2,7-8H2,1H3. The Balaban J connectivity index is 2.24. The lowest BCUT2D eigenvalue weighted by Crippen LogP contribution is -2.42. The molecule has 27 heavy (non-hydrogen) atoms. The number of rotatable bonds is 8. The molecule has 0 fully saturated rings. The molecule has 0 N–H and O–H groups in total. The zero-order valence-corrected chi connectivity index (χ0v) is 15.4. The van der Waals surface area contributed by atoms with Gasteiger partial charge >= 0.3 is 15.6 Å². The smallest absolute Gasteiger partial charge is 0.340 e. The fourth-order valence-electron chi connectivity index (χ4n) is 2.36. The van der Waals surface area contributed by atoms with Gasteiger partial charge in [-0.3, -0.25) is 19.1 Å². The number of alkyl halides is 3. The van der Waals surface area contributed by atoms with Crippen LogP contribution in [0.15, 0.2) is 24.3 Å². The Morgan fingerprint density at radius 2 is 1.63 bits per heavy atom. The number of benzene rings is 1. The lowest BCUT2D eigenvalue weighted by Gasteiger charge is -2.27. The van der Waals surface area contributed by atoms with Crippen molar-refractivity contribution in [2.45, 2.75) is 24.4 Å². The normalized spacial score (nSPS) is 17.3. The van der Waals surface area contributed by atoms with Crippen molar-refractivity contribution in [1.82, 2.24) is 4.90 Å². The molecule has 1 aliphatic rings. The summed E-state index contributed by atoms with van der Waals surface area (Å²) in [5.74, 6) is -1.44. The van der Waals surface area contributed by atoms with Crippen molar-refractivity contribution in [3.63, 3.8) is 0 Å². The zero-order valence-electron chi connectivity index (χ0n) is 13.7. The molecule has 0 aliphatic carbocycles. The van der Waals surface area contributed by atoms with E-state index in [1.165, 1.54) is 31.2 Å². The first kappa shape index (κ1) is 21.4. The topological polar surface area (TPSA) is 107 Å². The number of carbonyl (C=O) groups excluding carboxylic acids is 2. The first-order valence-corrected chi connectivity index (χ1v) is 9.65. The van der Waals surface area contributed by atoms with Gasteiger partial charge in [0.2, 0.25) is 8.46 Å². The lowest BCUT2D eigenvalue weighted by molar-refractivity contribution is -0.131. The van der Waals surface area contributed by atoms with Gasteiger partial charge in [-0.15, -0.1) is 0 Å². The van der Waals surface area contributed by atoms with Crippen molar-refractivity contribution in [3.05, 3.63) is 35.4 Å². The summed E-state index contributed by atoms with van der Waals surface area (Å²) in [5, 5.41) is 0. The van der Waals surface area contributed by atoms with Crippen LogP contribution >= 0.6 is 8.46 Å². The van der Waals surface area contributed by atoms with Gasteiger partial charge in [0.15, 0.2) is 0 Å². The highest BCUT2D eigenvalue weighted by Crippen LogP contribution is 2.38. The summed E-state index contributed by atoms with van der Waals surface area (Å²) in [4.78, 5) is 25.2. The van der Waals surface area contributed by atoms with E-state index >= 15 is 0 Å². The Bertz CT molecular complexity index is 839. The van der Waals surface area contributed by atoms with Crippen LogP contribution in [-0.2, 0) is 23.6 Å². The Kier molecular flexibility index (Phi) is 6.05. The lowest BCUT2D eigenvalue weighted by atomic mass is 10.1. The number of hydrogen-bond acceptors (Lipinski definition) is 7. The molecule has 1 aromatic rings. The van der Waals surface area contributed by atoms with Crippen LogP contribution in [0, 0.1) is 0 Å². The highest BCUT2D eigenvalue weighted by Gasteiger charge is 2.53. The molecule has 0 spiro atoms. The van der Waals surface area contributed by atoms with E-state index in [9.17, 15) is 35.7 Å². The van der Waals surface area contributed by atoms with E-state index in [1.807, 2.05) is 0 Å². The highest BCUT2D eigenvalue weighted by atomic mass is 32.2. The Hall–Kier alpha value is -1.88. The van der Waals surface area contributed by atoms with E-state index in [1.54, 1.807) is 0 Å². The zero-order chi connectivity index (χ0) is 20.5. The van der Waals surface area contributed by atoms with Crippen LogP contribution in [0.3, 0.4) is 0 Å². The number of nitrogens with zero attached hydrogens (tertiary/aromatic N) is 1. The van der Waals surface area contributed by atoms with Crippen molar-refractivity contribution >= 4 is 30.4 Å². The molecule has 1 atom stereocenters. The van der Waals surface area contributed by atoms with Gasteiger partial charge in [-0.25, -0.2) is 4.18 Å². The van der Waals surface area contributed by atoms with Crippen LogP contribution in [0.25, 0.3) is 0 Å². The Morgan fingerprint density at radius 3 is 2.04 bits per heavy atom. The Morgan fingerprint density at radius 1 is 1.11 bits per heavy atom. The molecule has 0 saturated heterocycles. The molecule has 8 nitrogen and oxygen atoms in total. The quantitative estimate of drug-likeness (QED) is 0.206. The molecule has 0 saturated carbocycles. The van der Waals surface area contributed by atoms with Crippen molar-refractivity contribution in [2.75, 3.05) is 13.2 Å². The number of hydrogen-bond donors (Lipinski definition) is 0. The number of fused-ring (bicyclic) bond motifs is 1.